The van der Waals surface area contributed by atoms with Crippen molar-refractivity contribution in [2.75, 3.05) is 18.4 Å². The molecule has 2 amide bonds. The maximum Gasteiger partial charge on any atom is 0.322 e. The van der Waals surface area contributed by atoms with Crippen molar-refractivity contribution in [1.29, 1.82) is 0 Å². The van der Waals surface area contributed by atoms with Gasteiger partial charge in [0.2, 0.25) is 0 Å². The minimum absolute atomic E-state index is 0.0667. The third-order valence-electron chi connectivity index (χ3n) is 4.93. The molecule has 3 heterocycles. The molecular weight excluding hydrogens is 316 g/mol. The van der Waals surface area contributed by atoms with Gasteiger partial charge < -0.3 is 10.2 Å². The summed E-state index contributed by atoms with van der Waals surface area (Å²) in [5, 5.41) is 7.45. The Hall–Kier alpha value is -2.44. The van der Waals surface area contributed by atoms with Gasteiger partial charge in [0.15, 0.2) is 0 Å². The molecule has 4 rings (SSSR count). The molecule has 2 aromatic heterocycles. The van der Waals surface area contributed by atoms with E-state index in [9.17, 15) is 4.79 Å². The van der Waals surface area contributed by atoms with Crippen molar-refractivity contribution in [2.45, 2.75) is 51.5 Å². The summed E-state index contributed by atoms with van der Waals surface area (Å²) in [6, 6.07) is 0.174. The second-order valence-electron chi connectivity index (χ2n) is 7.16. The van der Waals surface area contributed by atoms with Crippen molar-refractivity contribution >= 4 is 11.7 Å². The number of aryl methyl sites for hydroxylation is 2. The van der Waals surface area contributed by atoms with Crippen molar-refractivity contribution in [2.24, 2.45) is 0 Å². The van der Waals surface area contributed by atoms with E-state index in [1.807, 2.05) is 35.8 Å². The monoisotopic (exact) mass is 340 g/mol. The highest BCUT2D eigenvalue weighted by Crippen LogP contribution is 2.42. The van der Waals surface area contributed by atoms with Crippen LogP contribution in [-0.2, 0) is 0 Å². The number of aromatic nitrogens is 4. The molecule has 2 aliphatic rings. The highest BCUT2D eigenvalue weighted by atomic mass is 16.2. The van der Waals surface area contributed by atoms with Gasteiger partial charge in [0, 0.05) is 25.2 Å². The van der Waals surface area contributed by atoms with Crippen LogP contribution in [0, 0.1) is 13.8 Å². The summed E-state index contributed by atoms with van der Waals surface area (Å²) in [6.45, 7) is 5.37. The maximum absolute atomic E-state index is 12.8. The molecule has 0 radical (unpaired) electrons. The van der Waals surface area contributed by atoms with E-state index in [0.29, 0.717) is 12.5 Å². The van der Waals surface area contributed by atoms with E-state index in [-0.39, 0.29) is 12.1 Å². The summed E-state index contributed by atoms with van der Waals surface area (Å²) >= 11 is 0. The van der Waals surface area contributed by atoms with Gasteiger partial charge >= 0.3 is 6.03 Å². The van der Waals surface area contributed by atoms with E-state index < -0.39 is 0 Å². The molecule has 1 N–H and O–H groups in total. The number of piperidine rings is 1. The summed E-state index contributed by atoms with van der Waals surface area (Å²) in [5.41, 5.74) is 2.89. The van der Waals surface area contributed by atoms with Crippen molar-refractivity contribution in [1.82, 2.24) is 24.6 Å². The molecule has 0 aromatic carbocycles. The van der Waals surface area contributed by atoms with Crippen LogP contribution in [-0.4, -0.2) is 43.8 Å². The van der Waals surface area contributed by atoms with Crippen LogP contribution in [0.2, 0.25) is 0 Å². The van der Waals surface area contributed by atoms with E-state index in [1.165, 1.54) is 0 Å². The largest absolute Gasteiger partial charge is 0.322 e. The predicted octanol–water partition coefficient (Wildman–Crippen LogP) is 3.04. The molecule has 2 fully saturated rings. The topological polar surface area (TPSA) is 75.9 Å². The van der Waals surface area contributed by atoms with Crippen LogP contribution in [0.15, 0.2) is 18.6 Å². The number of likely N-dealkylation sites (tertiary alicyclic amines) is 1. The Bertz CT molecular complexity index is 782. The van der Waals surface area contributed by atoms with E-state index in [1.54, 1.807) is 6.20 Å². The van der Waals surface area contributed by atoms with Gasteiger partial charge in [-0.3, -0.25) is 4.68 Å². The van der Waals surface area contributed by atoms with Crippen LogP contribution in [0.25, 0.3) is 0 Å². The Kier molecular flexibility index (Phi) is 4.15. The van der Waals surface area contributed by atoms with Crippen molar-refractivity contribution in [3.05, 3.63) is 35.7 Å². The molecule has 7 nitrogen and oxygen atoms in total. The highest BCUT2D eigenvalue weighted by Gasteiger charge is 2.30. The standard InChI is InChI=1S/C18H24N6O/c1-12-8-20-24(10-12)15-4-3-7-23(11-15)18(25)22-16-9-19-13(2)21-17(16)14-5-6-14/h8-10,14-15H,3-7,11H2,1-2H3,(H,22,25)/t15-/m1/s1. The number of nitrogens with zero attached hydrogens (tertiary/aromatic N) is 5. The quantitative estimate of drug-likeness (QED) is 0.932. The smallest absolute Gasteiger partial charge is 0.322 e. The SMILES string of the molecule is Cc1cnn([C@@H]2CCCN(C(=O)Nc3cnc(C)nc3C3CC3)C2)c1. The molecule has 7 heteroatoms. The fourth-order valence-corrected chi connectivity index (χ4v) is 3.43. The zero-order valence-corrected chi connectivity index (χ0v) is 14.8. The molecule has 1 saturated heterocycles. The maximum atomic E-state index is 12.8. The van der Waals surface area contributed by atoms with E-state index in [2.05, 4.69) is 20.4 Å². The van der Waals surface area contributed by atoms with Crippen molar-refractivity contribution in [3.8, 4) is 0 Å². The van der Waals surface area contributed by atoms with Crippen LogP contribution < -0.4 is 5.32 Å². The molecule has 2 aromatic rings. The number of hydrogen-bond acceptors (Lipinski definition) is 4. The lowest BCUT2D eigenvalue weighted by atomic mass is 10.1. The Morgan fingerprint density at radius 1 is 1.24 bits per heavy atom. The molecule has 1 atom stereocenters. The summed E-state index contributed by atoms with van der Waals surface area (Å²) < 4.78 is 1.99. The number of amides is 2. The molecule has 1 aliphatic heterocycles. The van der Waals surface area contributed by atoms with Gasteiger partial charge in [-0.2, -0.15) is 5.10 Å². The van der Waals surface area contributed by atoms with Gasteiger partial charge in [-0.15, -0.1) is 0 Å². The van der Waals surface area contributed by atoms with Gasteiger partial charge in [-0.25, -0.2) is 14.8 Å². The predicted molar refractivity (Wildman–Crippen MR) is 94.6 cm³/mol. The van der Waals surface area contributed by atoms with E-state index >= 15 is 0 Å². The van der Waals surface area contributed by atoms with Gasteiger partial charge in [0.1, 0.15) is 5.82 Å². The highest BCUT2D eigenvalue weighted by molar-refractivity contribution is 5.90. The minimum atomic E-state index is -0.0667. The van der Waals surface area contributed by atoms with Crippen LogP contribution >= 0.6 is 0 Å². The lowest BCUT2D eigenvalue weighted by molar-refractivity contribution is 0.174. The normalized spacial score (nSPS) is 20.6. The first-order valence-electron chi connectivity index (χ1n) is 9.00. The third-order valence-corrected chi connectivity index (χ3v) is 4.93. The molecule has 1 saturated carbocycles. The summed E-state index contributed by atoms with van der Waals surface area (Å²) in [4.78, 5) is 23.4. The van der Waals surface area contributed by atoms with Crippen LogP contribution in [0.4, 0.5) is 10.5 Å². The molecule has 0 spiro atoms. The lowest BCUT2D eigenvalue weighted by Crippen LogP contribution is -2.43. The average molecular weight is 340 g/mol. The summed E-state index contributed by atoms with van der Waals surface area (Å²) in [7, 11) is 0. The first-order chi connectivity index (χ1) is 12.1. The second kappa shape index (κ2) is 6.46. The van der Waals surface area contributed by atoms with Crippen LogP contribution in [0.5, 0.6) is 0 Å². The number of carbonyl (C=O) groups excluding carboxylic acids is 1. The molecule has 1 aliphatic carbocycles. The number of carbonyl (C=O) groups is 1. The number of anilines is 1. The third kappa shape index (κ3) is 3.50. The number of hydrogen-bond donors (Lipinski definition) is 1. The van der Waals surface area contributed by atoms with Gasteiger partial charge in [0.05, 0.1) is 29.8 Å². The molecule has 25 heavy (non-hydrogen) atoms. The van der Waals surface area contributed by atoms with Crippen molar-refractivity contribution < 1.29 is 4.79 Å². The Morgan fingerprint density at radius 3 is 2.80 bits per heavy atom. The van der Waals surface area contributed by atoms with Crippen molar-refractivity contribution in [3.63, 3.8) is 0 Å². The summed E-state index contributed by atoms with van der Waals surface area (Å²) in [5.74, 6) is 1.23. The van der Waals surface area contributed by atoms with E-state index in [0.717, 1.165) is 55.0 Å². The Balaban J connectivity index is 1.46. The zero-order valence-electron chi connectivity index (χ0n) is 14.8. The second-order valence-corrected chi connectivity index (χ2v) is 7.16. The number of urea groups is 1. The number of nitrogens with one attached hydrogen (secondary N) is 1. The average Bonchev–Trinajstić information content (AvgIpc) is 3.37. The summed E-state index contributed by atoms with van der Waals surface area (Å²) in [6.07, 6.45) is 9.97. The number of rotatable bonds is 3. The molecule has 0 bridgehead atoms. The first-order valence-corrected chi connectivity index (χ1v) is 9.00. The molecular formula is C18H24N6O. The fourth-order valence-electron chi connectivity index (χ4n) is 3.43. The lowest BCUT2D eigenvalue weighted by Gasteiger charge is -2.33. The van der Waals surface area contributed by atoms with Crippen LogP contribution in [0.1, 0.15) is 54.7 Å². The molecule has 132 valence electrons. The Morgan fingerprint density at radius 2 is 2.08 bits per heavy atom. The fraction of sp³-hybridized carbons (Fsp3) is 0.556. The van der Waals surface area contributed by atoms with Crippen LogP contribution in [0.3, 0.4) is 0 Å². The Labute approximate surface area is 147 Å². The van der Waals surface area contributed by atoms with E-state index in [4.69, 9.17) is 0 Å². The van der Waals surface area contributed by atoms with Gasteiger partial charge in [-0.1, -0.05) is 0 Å². The van der Waals surface area contributed by atoms with Gasteiger partial charge in [0.25, 0.3) is 0 Å². The molecule has 0 unspecified atom stereocenters. The van der Waals surface area contributed by atoms with Gasteiger partial charge in [-0.05, 0) is 45.1 Å². The first kappa shape index (κ1) is 16.1. The minimum Gasteiger partial charge on any atom is -0.322 e. The zero-order chi connectivity index (χ0) is 17.4.